The number of rotatable bonds is 9. The van der Waals surface area contributed by atoms with Crippen molar-refractivity contribution >= 4 is 18.0 Å². The van der Waals surface area contributed by atoms with E-state index in [0.717, 1.165) is 5.56 Å². The zero-order valence-corrected chi connectivity index (χ0v) is 16.6. The highest BCUT2D eigenvalue weighted by Gasteiger charge is 2.30. The molecular weight excluding hydrogens is 362 g/mol. The van der Waals surface area contributed by atoms with Crippen LogP contribution in [0.1, 0.15) is 32.8 Å². The van der Waals surface area contributed by atoms with E-state index in [0.29, 0.717) is 0 Å². The molecule has 1 aromatic carbocycles. The van der Waals surface area contributed by atoms with Gasteiger partial charge in [0.1, 0.15) is 18.7 Å². The number of alkyl carbamates (subject to hydrolysis) is 1. The Bertz CT molecular complexity index is 700. The molecule has 8 nitrogen and oxygen atoms in total. The Kier molecular flexibility index (Phi) is 9.51. The highest BCUT2D eigenvalue weighted by Crippen LogP contribution is 2.09. The van der Waals surface area contributed by atoms with Crippen molar-refractivity contribution in [3.8, 4) is 6.07 Å². The predicted molar refractivity (Wildman–Crippen MR) is 102 cm³/mol. The average molecular weight is 389 g/mol. The standard InChI is InChI=1S/C20H27N3O5/c1-13(2)17(23-20(26)28-12-15-8-6-5-7-9-15)18(24)22-16(19(25)27-4)10-14(3)11-21/h5-9,13-14,16-17H,10,12H2,1-4H3,(H,22,24)(H,23,26)/t14-,16-,17+/m0/s1. The lowest BCUT2D eigenvalue weighted by molar-refractivity contribution is -0.145. The summed E-state index contributed by atoms with van der Waals surface area (Å²) in [5, 5.41) is 14.0. The van der Waals surface area contributed by atoms with Gasteiger partial charge >= 0.3 is 12.1 Å². The molecule has 0 aliphatic carbocycles. The Labute approximate surface area is 165 Å². The van der Waals surface area contributed by atoms with E-state index < -0.39 is 36.0 Å². The van der Waals surface area contributed by atoms with Crippen LogP contribution in [0.4, 0.5) is 4.79 Å². The molecule has 0 heterocycles. The van der Waals surface area contributed by atoms with Crippen LogP contribution in [-0.2, 0) is 25.7 Å². The number of ether oxygens (including phenoxy) is 2. The van der Waals surface area contributed by atoms with Gasteiger partial charge in [-0.2, -0.15) is 5.26 Å². The molecular formula is C20H27N3O5. The number of nitrogens with one attached hydrogen (secondary N) is 2. The summed E-state index contributed by atoms with van der Waals surface area (Å²) >= 11 is 0. The van der Waals surface area contributed by atoms with E-state index in [1.165, 1.54) is 7.11 Å². The van der Waals surface area contributed by atoms with E-state index in [2.05, 4.69) is 10.6 Å². The van der Waals surface area contributed by atoms with Crippen LogP contribution >= 0.6 is 0 Å². The highest BCUT2D eigenvalue weighted by atomic mass is 16.5. The number of carbonyl (C=O) groups excluding carboxylic acids is 3. The lowest BCUT2D eigenvalue weighted by atomic mass is 10.0. The predicted octanol–water partition coefficient (Wildman–Crippen LogP) is 2.14. The van der Waals surface area contributed by atoms with Gasteiger partial charge < -0.3 is 20.1 Å². The third-order valence-corrected chi connectivity index (χ3v) is 4.05. The first kappa shape index (κ1) is 23.0. The summed E-state index contributed by atoms with van der Waals surface area (Å²) in [7, 11) is 1.21. The largest absolute Gasteiger partial charge is 0.467 e. The van der Waals surface area contributed by atoms with Crippen molar-refractivity contribution in [2.24, 2.45) is 11.8 Å². The molecule has 152 valence electrons. The molecule has 2 amide bonds. The lowest BCUT2D eigenvalue weighted by Crippen LogP contribution is -2.54. The maximum Gasteiger partial charge on any atom is 0.408 e. The molecule has 0 saturated carbocycles. The fourth-order valence-corrected chi connectivity index (χ4v) is 2.45. The zero-order valence-electron chi connectivity index (χ0n) is 16.6. The summed E-state index contributed by atoms with van der Waals surface area (Å²) in [6.07, 6.45) is -0.629. The number of esters is 1. The Morgan fingerprint density at radius 1 is 1.11 bits per heavy atom. The molecule has 28 heavy (non-hydrogen) atoms. The third-order valence-electron chi connectivity index (χ3n) is 4.05. The zero-order chi connectivity index (χ0) is 21.1. The Hall–Kier alpha value is -3.08. The summed E-state index contributed by atoms with van der Waals surface area (Å²) < 4.78 is 9.84. The summed E-state index contributed by atoms with van der Waals surface area (Å²) in [6, 6.07) is 9.28. The van der Waals surface area contributed by atoms with Crippen molar-refractivity contribution < 1.29 is 23.9 Å². The minimum absolute atomic E-state index is 0.0730. The third kappa shape index (κ3) is 7.66. The number of amides is 2. The smallest absolute Gasteiger partial charge is 0.408 e. The SMILES string of the molecule is COC(=O)[C@H](C[C@H](C)C#N)NC(=O)[C@H](NC(=O)OCc1ccccc1)C(C)C. The number of nitriles is 1. The van der Waals surface area contributed by atoms with Crippen LogP contribution in [0.15, 0.2) is 30.3 Å². The van der Waals surface area contributed by atoms with Crippen LogP contribution in [0.2, 0.25) is 0 Å². The monoisotopic (exact) mass is 389 g/mol. The van der Waals surface area contributed by atoms with Gasteiger partial charge in [0, 0.05) is 5.92 Å². The lowest BCUT2D eigenvalue weighted by Gasteiger charge is -2.24. The Morgan fingerprint density at radius 3 is 2.29 bits per heavy atom. The first-order valence-corrected chi connectivity index (χ1v) is 9.03. The van der Waals surface area contributed by atoms with Gasteiger partial charge in [-0.3, -0.25) is 4.79 Å². The second kappa shape index (κ2) is 11.6. The van der Waals surface area contributed by atoms with Crippen LogP contribution in [0.3, 0.4) is 0 Å². The molecule has 0 bridgehead atoms. The first-order chi connectivity index (χ1) is 13.3. The van der Waals surface area contributed by atoms with E-state index in [1.807, 2.05) is 36.4 Å². The van der Waals surface area contributed by atoms with Gasteiger partial charge in [-0.15, -0.1) is 0 Å². The minimum atomic E-state index is -0.976. The number of nitrogens with zero attached hydrogens (tertiary/aromatic N) is 1. The van der Waals surface area contributed by atoms with Crippen molar-refractivity contribution in [3.05, 3.63) is 35.9 Å². The van der Waals surface area contributed by atoms with E-state index >= 15 is 0 Å². The molecule has 0 unspecified atom stereocenters. The van der Waals surface area contributed by atoms with Crippen molar-refractivity contribution in [3.63, 3.8) is 0 Å². The quantitative estimate of drug-likeness (QED) is 0.625. The van der Waals surface area contributed by atoms with Gasteiger partial charge in [-0.05, 0) is 24.8 Å². The maximum atomic E-state index is 12.6. The van der Waals surface area contributed by atoms with E-state index in [-0.39, 0.29) is 18.9 Å². The average Bonchev–Trinajstić information content (AvgIpc) is 2.69. The number of benzene rings is 1. The molecule has 3 atom stereocenters. The van der Waals surface area contributed by atoms with Crippen LogP contribution < -0.4 is 10.6 Å². The van der Waals surface area contributed by atoms with Gasteiger partial charge in [0.2, 0.25) is 5.91 Å². The summed E-state index contributed by atoms with van der Waals surface area (Å²) in [4.78, 5) is 36.6. The molecule has 0 aliphatic heterocycles. The van der Waals surface area contributed by atoms with E-state index in [9.17, 15) is 14.4 Å². The highest BCUT2D eigenvalue weighted by molar-refractivity contribution is 5.89. The minimum Gasteiger partial charge on any atom is -0.467 e. The topological polar surface area (TPSA) is 118 Å². The molecule has 0 fully saturated rings. The molecule has 0 aromatic heterocycles. The molecule has 0 spiro atoms. The molecule has 0 aliphatic rings. The summed E-state index contributed by atoms with van der Waals surface area (Å²) in [5.74, 6) is -1.90. The molecule has 1 aromatic rings. The van der Waals surface area contributed by atoms with Crippen LogP contribution in [0, 0.1) is 23.2 Å². The van der Waals surface area contributed by atoms with Crippen LogP contribution in [-0.4, -0.2) is 37.2 Å². The Balaban J connectivity index is 2.71. The summed E-state index contributed by atoms with van der Waals surface area (Å²) in [5.41, 5.74) is 0.819. The van der Waals surface area contributed by atoms with Gasteiger partial charge in [-0.1, -0.05) is 44.2 Å². The molecule has 1 rings (SSSR count). The second-order valence-corrected chi connectivity index (χ2v) is 6.78. The van der Waals surface area contributed by atoms with Crippen molar-refractivity contribution in [1.82, 2.24) is 10.6 Å². The van der Waals surface area contributed by atoms with Gasteiger partial charge in [0.25, 0.3) is 0 Å². The van der Waals surface area contributed by atoms with Gasteiger partial charge in [-0.25, -0.2) is 9.59 Å². The maximum absolute atomic E-state index is 12.6. The first-order valence-electron chi connectivity index (χ1n) is 9.03. The van der Waals surface area contributed by atoms with E-state index in [4.69, 9.17) is 14.7 Å². The van der Waals surface area contributed by atoms with Crippen molar-refractivity contribution in [1.29, 1.82) is 5.26 Å². The molecule has 8 heteroatoms. The van der Waals surface area contributed by atoms with Gasteiger partial charge in [0.15, 0.2) is 0 Å². The normalized spacial score (nSPS) is 13.6. The van der Waals surface area contributed by atoms with Crippen LogP contribution in [0.5, 0.6) is 0 Å². The molecule has 0 saturated heterocycles. The second-order valence-electron chi connectivity index (χ2n) is 6.78. The molecule has 2 N–H and O–H groups in total. The number of hydrogen-bond donors (Lipinski definition) is 2. The van der Waals surface area contributed by atoms with Crippen molar-refractivity contribution in [2.75, 3.05) is 7.11 Å². The Morgan fingerprint density at radius 2 is 1.75 bits per heavy atom. The van der Waals surface area contributed by atoms with Crippen molar-refractivity contribution in [2.45, 2.75) is 45.9 Å². The fraction of sp³-hybridized carbons (Fsp3) is 0.500. The number of hydrogen-bond acceptors (Lipinski definition) is 6. The molecule has 0 radical (unpaired) electrons. The number of carbonyl (C=O) groups is 3. The van der Waals surface area contributed by atoms with E-state index in [1.54, 1.807) is 20.8 Å². The summed E-state index contributed by atoms with van der Waals surface area (Å²) in [6.45, 7) is 5.23. The fourth-order valence-electron chi connectivity index (χ4n) is 2.45. The van der Waals surface area contributed by atoms with Crippen LogP contribution in [0.25, 0.3) is 0 Å². The number of methoxy groups -OCH3 is 1. The van der Waals surface area contributed by atoms with Gasteiger partial charge in [0.05, 0.1) is 13.2 Å².